The first-order valence-corrected chi connectivity index (χ1v) is 5.94. The largest absolute Gasteiger partial charge is 0.294 e. The van der Waals surface area contributed by atoms with Crippen LogP contribution in [0.1, 0.15) is 43.6 Å². The molecule has 0 bridgehead atoms. The fourth-order valence-corrected chi connectivity index (χ4v) is 2.23. The lowest BCUT2D eigenvalue weighted by atomic mass is 9.86. The van der Waals surface area contributed by atoms with Crippen LogP contribution < -0.4 is 0 Å². The Hall–Kier alpha value is -1.63. The molecule has 1 nitrogen and oxygen atoms in total. The predicted molar refractivity (Wildman–Crippen MR) is 71.8 cm³/mol. The number of Topliss-reactive ketones (excluding diaryl/α,β-unsaturated/α-hetero) is 1. The molecule has 2 rings (SSSR count). The maximum atomic E-state index is 11.7. The Morgan fingerprint density at radius 1 is 1.00 bits per heavy atom. The van der Waals surface area contributed by atoms with Crippen molar-refractivity contribution in [3.63, 3.8) is 0 Å². The minimum Gasteiger partial charge on any atom is -0.294 e. The molecule has 2 aliphatic rings. The second kappa shape index (κ2) is 3.99. The summed E-state index contributed by atoms with van der Waals surface area (Å²) in [6, 6.07) is 12.2. The minimum absolute atomic E-state index is 0.0559. The molecule has 0 aromatic heterocycles. The zero-order valence-corrected chi connectivity index (χ0v) is 10.9. The Bertz CT molecular complexity index is 532. The molecule has 17 heavy (non-hydrogen) atoms. The molecule has 0 radical (unpaired) electrons. The molecule has 0 saturated carbocycles. The van der Waals surface area contributed by atoms with Crippen LogP contribution in [0.3, 0.4) is 0 Å². The third kappa shape index (κ3) is 2.10. The number of carbonyl (C=O) groups excluding carboxylic acids is 1. The van der Waals surface area contributed by atoms with E-state index < -0.39 is 0 Å². The van der Waals surface area contributed by atoms with Crippen LogP contribution in [0.2, 0.25) is 0 Å². The Morgan fingerprint density at radius 3 is 2.12 bits per heavy atom. The van der Waals surface area contributed by atoms with E-state index in [1.54, 1.807) is 6.92 Å². The van der Waals surface area contributed by atoms with E-state index in [0.717, 1.165) is 11.1 Å². The van der Waals surface area contributed by atoms with Gasteiger partial charge in [-0.3, -0.25) is 4.79 Å². The van der Waals surface area contributed by atoms with Gasteiger partial charge in [0, 0.05) is 5.56 Å². The van der Waals surface area contributed by atoms with E-state index in [4.69, 9.17) is 0 Å². The summed E-state index contributed by atoms with van der Waals surface area (Å²) < 4.78 is 0. The lowest BCUT2D eigenvalue weighted by Gasteiger charge is -2.18. The lowest BCUT2D eigenvalue weighted by Crippen LogP contribution is -2.10. The molecule has 0 aromatic carbocycles. The summed E-state index contributed by atoms with van der Waals surface area (Å²) in [5.74, 6) is 0.136. The van der Waals surface area contributed by atoms with E-state index in [0.29, 0.717) is 0 Å². The van der Waals surface area contributed by atoms with E-state index in [1.165, 1.54) is 11.1 Å². The van der Waals surface area contributed by atoms with Gasteiger partial charge in [-0.1, -0.05) is 51.1 Å². The Labute approximate surface area is 103 Å². The molecule has 0 atom stereocenters. The second-order valence-electron chi connectivity index (χ2n) is 5.52. The Balaban J connectivity index is 2.78. The predicted octanol–water partition coefficient (Wildman–Crippen LogP) is 4.29. The van der Waals surface area contributed by atoms with Crippen molar-refractivity contribution in [1.29, 1.82) is 0 Å². The molecule has 88 valence electrons. The van der Waals surface area contributed by atoms with Gasteiger partial charge in [0.1, 0.15) is 0 Å². The molecule has 0 N–H and O–H groups in total. The van der Waals surface area contributed by atoms with Crippen LogP contribution in [-0.2, 0) is 5.41 Å². The molecular weight excluding hydrogens is 208 g/mol. The molecule has 0 aromatic rings. The van der Waals surface area contributed by atoms with E-state index in [9.17, 15) is 4.79 Å². The Kier molecular flexibility index (Phi) is 2.78. The highest BCUT2D eigenvalue weighted by Gasteiger charge is 2.24. The van der Waals surface area contributed by atoms with Crippen LogP contribution in [0, 0.1) is 0 Å². The van der Waals surface area contributed by atoms with Crippen molar-refractivity contribution in [1.82, 2.24) is 0 Å². The van der Waals surface area contributed by atoms with Crippen LogP contribution in [0.5, 0.6) is 0 Å². The summed E-state index contributed by atoms with van der Waals surface area (Å²) in [5, 5.41) is 0. The summed E-state index contributed by atoms with van der Waals surface area (Å²) in [6.45, 7) is 8.17. The first-order valence-electron chi connectivity index (χ1n) is 5.94. The third-order valence-electron chi connectivity index (χ3n) is 3.09. The molecule has 1 heteroatoms. The summed E-state index contributed by atoms with van der Waals surface area (Å²) in [7, 11) is 0. The average Bonchev–Trinajstić information content (AvgIpc) is 2.42. The summed E-state index contributed by atoms with van der Waals surface area (Å²) in [4.78, 5) is 11.7. The molecule has 0 saturated heterocycles. The van der Waals surface area contributed by atoms with Crippen LogP contribution in [0.4, 0.5) is 0 Å². The fourth-order valence-electron chi connectivity index (χ4n) is 2.23. The molecule has 2 aliphatic carbocycles. The summed E-state index contributed by atoms with van der Waals surface area (Å²) in [6.07, 6.45) is 0. The van der Waals surface area contributed by atoms with Crippen molar-refractivity contribution >= 4 is 5.78 Å². The number of fused-ring (bicyclic) bond motifs is 1. The third-order valence-corrected chi connectivity index (χ3v) is 3.09. The standard InChI is InChI=1S/C16H18O/c1-11(17)14-10-15(16(2,3)4)13-9-7-5-6-8-12(13)14/h5-10H,1-4H3. The van der Waals surface area contributed by atoms with Crippen LogP contribution in [0.15, 0.2) is 36.4 Å². The smallest absolute Gasteiger partial charge is 0.160 e. The van der Waals surface area contributed by atoms with Crippen molar-refractivity contribution in [3.8, 4) is 11.1 Å². The van der Waals surface area contributed by atoms with Crippen molar-refractivity contribution < 1.29 is 4.79 Å². The van der Waals surface area contributed by atoms with Crippen molar-refractivity contribution in [2.24, 2.45) is 0 Å². The number of rotatable bonds is 1. The first kappa shape index (κ1) is 11.8. The lowest BCUT2D eigenvalue weighted by molar-refractivity contribution is 0.101. The van der Waals surface area contributed by atoms with Gasteiger partial charge < -0.3 is 0 Å². The summed E-state index contributed by atoms with van der Waals surface area (Å²) in [5.41, 5.74) is 4.38. The zero-order valence-electron chi connectivity index (χ0n) is 10.9. The molecular formula is C16H18O. The maximum Gasteiger partial charge on any atom is 0.160 e. The highest BCUT2D eigenvalue weighted by Crippen LogP contribution is 2.38. The Morgan fingerprint density at radius 2 is 1.59 bits per heavy atom. The van der Waals surface area contributed by atoms with Gasteiger partial charge >= 0.3 is 0 Å². The number of hydrogen-bond donors (Lipinski definition) is 0. The van der Waals surface area contributed by atoms with E-state index >= 15 is 0 Å². The first-order chi connectivity index (χ1) is 7.91. The van der Waals surface area contributed by atoms with Crippen LogP contribution in [0.25, 0.3) is 11.1 Å². The fraction of sp³-hybridized carbons (Fsp3) is 0.312. The van der Waals surface area contributed by atoms with Gasteiger partial charge in [0.05, 0.1) is 0 Å². The van der Waals surface area contributed by atoms with Gasteiger partial charge in [0.15, 0.2) is 5.78 Å². The molecule has 0 amide bonds. The van der Waals surface area contributed by atoms with Gasteiger partial charge in [-0.05, 0) is 35.1 Å². The number of carbonyl (C=O) groups is 1. The van der Waals surface area contributed by atoms with Gasteiger partial charge in [-0.25, -0.2) is 0 Å². The maximum absolute atomic E-state index is 11.7. The van der Waals surface area contributed by atoms with Gasteiger partial charge in [0.25, 0.3) is 0 Å². The van der Waals surface area contributed by atoms with E-state index in [2.05, 4.69) is 26.8 Å². The normalized spacial score (nSPS) is 11.8. The number of hydrogen-bond acceptors (Lipinski definition) is 1. The number of ketones is 1. The molecule has 0 unspecified atom stereocenters. The zero-order chi connectivity index (χ0) is 12.6. The molecule has 0 spiro atoms. The van der Waals surface area contributed by atoms with Crippen LogP contribution >= 0.6 is 0 Å². The van der Waals surface area contributed by atoms with Gasteiger partial charge in [-0.2, -0.15) is 0 Å². The molecule has 0 fully saturated rings. The topological polar surface area (TPSA) is 17.1 Å². The van der Waals surface area contributed by atoms with Crippen molar-refractivity contribution in [2.45, 2.75) is 33.1 Å². The van der Waals surface area contributed by atoms with Gasteiger partial charge in [-0.15, -0.1) is 0 Å². The van der Waals surface area contributed by atoms with Gasteiger partial charge in [0.2, 0.25) is 0 Å². The second-order valence-corrected chi connectivity index (χ2v) is 5.52. The monoisotopic (exact) mass is 226 g/mol. The van der Waals surface area contributed by atoms with E-state index in [-0.39, 0.29) is 11.2 Å². The van der Waals surface area contributed by atoms with Crippen molar-refractivity contribution in [3.05, 3.63) is 47.5 Å². The summed E-state index contributed by atoms with van der Waals surface area (Å²) >= 11 is 0. The minimum atomic E-state index is 0.0559. The molecule has 0 heterocycles. The average molecular weight is 226 g/mol. The highest BCUT2D eigenvalue weighted by atomic mass is 16.1. The van der Waals surface area contributed by atoms with Crippen molar-refractivity contribution in [2.75, 3.05) is 0 Å². The van der Waals surface area contributed by atoms with Crippen LogP contribution in [-0.4, -0.2) is 5.78 Å². The highest BCUT2D eigenvalue weighted by molar-refractivity contribution is 6.03. The SMILES string of the molecule is CC(=O)c1cc(C(C)(C)C)c2cccccc1-2. The quantitative estimate of drug-likeness (QED) is 0.663. The molecule has 0 aliphatic heterocycles. The van der Waals surface area contributed by atoms with E-state index in [1.807, 2.05) is 30.3 Å².